The fraction of sp³-hybridized carbons (Fsp3) is 0.370. The quantitative estimate of drug-likeness (QED) is 0.537. The SMILES string of the molecule is Cc1ccc(-c2nc(COc3cccc(C(C)(C)C(=O)N4CCCC4C(=O)O)c3)c(C)o2)cc1. The summed E-state index contributed by atoms with van der Waals surface area (Å²) in [4.78, 5) is 30.9. The van der Waals surface area contributed by atoms with Crippen molar-refractivity contribution in [3.05, 3.63) is 71.1 Å². The fourth-order valence-corrected chi connectivity index (χ4v) is 4.26. The molecular formula is C27H30N2O5. The summed E-state index contributed by atoms with van der Waals surface area (Å²) < 4.78 is 11.8. The summed E-state index contributed by atoms with van der Waals surface area (Å²) in [6, 6.07) is 14.6. The Morgan fingerprint density at radius 3 is 2.62 bits per heavy atom. The van der Waals surface area contributed by atoms with Crippen LogP contribution in [0.3, 0.4) is 0 Å². The zero-order valence-electron chi connectivity index (χ0n) is 20.0. The van der Waals surface area contributed by atoms with Crippen molar-refractivity contribution in [1.82, 2.24) is 9.88 Å². The molecule has 1 unspecified atom stereocenters. The zero-order chi connectivity index (χ0) is 24.5. The van der Waals surface area contributed by atoms with Gasteiger partial charge in [-0.25, -0.2) is 9.78 Å². The van der Waals surface area contributed by atoms with E-state index >= 15 is 0 Å². The van der Waals surface area contributed by atoms with E-state index < -0.39 is 17.4 Å². The number of hydrogen-bond donors (Lipinski definition) is 1. The van der Waals surface area contributed by atoms with Gasteiger partial charge in [-0.05, 0) is 70.4 Å². The number of rotatable bonds is 7. The minimum atomic E-state index is -0.952. The van der Waals surface area contributed by atoms with Crippen LogP contribution in [0.25, 0.3) is 11.5 Å². The number of likely N-dealkylation sites (tertiary alicyclic amines) is 1. The average molecular weight is 463 g/mol. The number of aryl methyl sites for hydroxylation is 2. The first-order valence-electron chi connectivity index (χ1n) is 11.5. The molecule has 1 aliphatic rings. The molecular weight excluding hydrogens is 432 g/mol. The van der Waals surface area contributed by atoms with E-state index in [4.69, 9.17) is 9.15 Å². The molecule has 2 heterocycles. The van der Waals surface area contributed by atoms with Crippen LogP contribution in [0.15, 0.2) is 52.9 Å². The maximum atomic E-state index is 13.3. The summed E-state index contributed by atoms with van der Waals surface area (Å²) in [6.45, 7) is 8.22. The second-order valence-electron chi connectivity index (χ2n) is 9.32. The van der Waals surface area contributed by atoms with E-state index in [1.807, 2.05) is 76.2 Å². The molecule has 0 aliphatic carbocycles. The van der Waals surface area contributed by atoms with Crippen LogP contribution in [0.2, 0.25) is 0 Å². The van der Waals surface area contributed by atoms with E-state index in [1.165, 1.54) is 10.5 Å². The molecule has 1 aromatic heterocycles. The molecule has 0 spiro atoms. The van der Waals surface area contributed by atoms with Gasteiger partial charge in [-0.1, -0.05) is 29.8 Å². The van der Waals surface area contributed by atoms with E-state index in [1.54, 1.807) is 0 Å². The second kappa shape index (κ2) is 9.33. The number of aromatic nitrogens is 1. The van der Waals surface area contributed by atoms with Crippen LogP contribution < -0.4 is 4.74 Å². The van der Waals surface area contributed by atoms with Gasteiger partial charge in [-0.3, -0.25) is 4.79 Å². The summed E-state index contributed by atoms with van der Waals surface area (Å²) in [5.74, 6) is 0.705. The summed E-state index contributed by atoms with van der Waals surface area (Å²) in [5, 5.41) is 9.47. The highest BCUT2D eigenvalue weighted by Crippen LogP contribution is 2.32. The Balaban J connectivity index is 1.48. The van der Waals surface area contributed by atoms with Crippen molar-refractivity contribution in [2.75, 3.05) is 6.54 Å². The standard InChI is InChI=1S/C27H30N2O5/c1-17-10-12-19(13-11-17)24-28-22(18(2)34-24)16-33-21-8-5-7-20(15-21)27(3,4)26(32)29-14-6-9-23(29)25(30)31/h5,7-8,10-13,15,23H,6,9,14,16H2,1-4H3,(H,30,31). The molecule has 1 amide bonds. The fourth-order valence-electron chi connectivity index (χ4n) is 4.26. The van der Waals surface area contributed by atoms with Crippen LogP contribution in [-0.4, -0.2) is 39.5 Å². The normalized spacial score (nSPS) is 16.0. The number of oxazole rings is 1. The molecule has 1 saturated heterocycles. The minimum Gasteiger partial charge on any atom is -0.487 e. The van der Waals surface area contributed by atoms with E-state index in [2.05, 4.69) is 4.98 Å². The van der Waals surface area contributed by atoms with E-state index in [9.17, 15) is 14.7 Å². The van der Waals surface area contributed by atoms with Crippen molar-refractivity contribution >= 4 is 11.9 Å². The smallest absolute Gasteiger partial charge is 0.326 e. The Labute approximate surface area is 199 Å². The molecule has 34 heavy (non-hydrogen) atoms. The number of carbonyl (C=O) groups is 2. The van der Waals surface area contributed by atoms with Crippen molar-refractivity contribution in [1.29, 1.82) is 0 Å². The Bertz CT molecular complexity index is 1200. The van der Waals surface area contributed by atoms with Gasteiger partial charge in [0.2, 0.25) is 11.8 Å². The Morgan fingerprint density at radius 1 is 1.18 bits per heavy atom. The molecule has 3 aromatic rings. The summed E-state index contributed by atoms with van der Waals surface area (Å²) in [5.41, 5.74) is 2.66. The molecule has 1 N–H and O–H groups in total. The number of carboxylic acid groups (broad SMARTS) is 1. The average Bonchev–Trinajstić information content (AvgIpc) is 3.45. The number of hydrogen-bond acceptors (Lipinski definition) is 5. The molecule has 1 fully saturated rings. The lowest BCUT2D eigenvalue weighted by atomic mass is 9.83. The Hall–Kier alpha value is -3.61. The van der Waals surface area contributed by atoms with Crippen LogP contribution in [-0.2, 0) is 21.6 Å². The minimum absolute atomic E-state index is 0.190. The first-order valence-corrected chi connectivity index (χ1v) is 11.5. The second-order valence-corrected chi connectivity index (χ2v) is 9.32. The predicted octanol–water partition coefficient (Wildman–Crippen LogP) is 4.89. The van der Waals surface area contributed by atoms with Gasteiger partial charge < -0.3 is 19.2 Å². The first kappa shape index (κ1) is 23.5. The van der Waals surface area contributed by atoms with Crippen molar-refractivity contribution in [3.63, 3.8) is 0 Å². The number of amides is 1. The first-order chi connectivity index (χ1) is 16.2. The van der Waals surface area contributed by atoms with Gasteiger partial charge in [0, 0.05) is 12.1 Å². The van der Waals surface area contributed by atoms with Crippen LogP contribution in [0.1, 0.15) is 49.3 Å². The molecule has 7 nitrogen and oxygen atoms in total. The van der Waals surface area contributed by atoms with Gasteiger partial charge >= 0.3 is 5.97 Å². The van der Waals surface area contributed by atoms with Crippen LogP contribution >= 0.6 is 0 Å². The van der Waals surface area contributed by atoms with Crippen molar-refractivity contribution in [2.45, 2.75) is 58.6 Å². The van der Waals surface area contributed by atoms with Crippen LogP contribution in [0.5, 0.6) is 5.75 Å². The topological polar surface area (TPSA) is 92.9 Å². The van der Waals surface area contributed by atoms with Crippen molar-refractivity contribution in [2.24, 2.45) is 0 Å². The molecule has 0 radical (unpaired) electrons. The molecule has 0 bridgehead atoms. The molecule has 1 aliphatic heterocycles. The van der Waals surface area contributed by atoms with Gasteiger partial charge in [0.05, 0.1) is 5.41 Å². The highest BCUT2D eigenvalue weighted by Gasteiger charge is 2.41. The zero-order valence-corrected chi connectivity index (χ0v) is 20.0. The lowest BCUT2D eigenvalue weighted by Crippen LogP contribution is -2.48. The van der Waals surface area contributed by atoms with Crippen molar-refractivity contribution in [3.8, 4) is 17.2 Å². The number of nitrogens with zero attached hydrogens (tertiary/aromatic N) is 2. The Kier molecular flexibility index (Phi) is 6.46. The molecule has 0 saturated carbocycles. The van der Waals surface area contributed by atoms with Gasteiger partial charge in [-0.15, -0.1) is 0 Å². The lowest BCUT2D eigenvalue weighted by molar-refractivity contribution is -0.150. The molecule has 2 aromatic carbocycles. The third-order valence-electron chi connectivity index (χ3n) is 6.46. The maximum Gasteiger partial charge on any atom is 0.326 e. The van der Waals surface area contributed by atoms with Gasteiger partial charge in [0.25, 0.3) is 0 Å². The Morgan fingerprint density at radius 2 is 1.91 bits per heavy atom. The lowest BCUT2D eigenvalue weighted by Gasteiger charge is -2.32. The van der Waals surface area contributed by atoms with Gasteiger partial charge in [-0.2, -0.15) is 0 Å². The van der Waals surface area contributed by atoms with Crippen molar-refractivity contribution < 1.29 is 23.8 Å². The predicted molar refractivity (Wildman–Crippen MR) is 128 cm³/mol. The van der Waals surface area contributed by atoms with Crippen LogP contribution in [0, 0.1) is 13.8 Å². The monoisotopic (exact) mass is 462 g/mol. The highest BCUT2D eigenvalue weighted by atomic mass is 16.5. The van der Waals surface area contributed by atoms with Gasteiger partial charge in [0.1, 0.15) is 29.9 Å². The number of carbonyl (C=O) groups excluding carboxylic acids is 1. The largest absolute Gasteiger partial charge is 0.487 e. The number of aliphatic carboxylic acids is 1. The molecule has 178 valence electrons. The van der Waals surface area contributed by atoms with Gasteiger partial charge in [0.15, 0.2) is 0 Å². The number of carboxylic acids is 1. The van der Waals surface area contributed by atoms with Crippen LogP contribution in [0.4, 0.5) is 0 Å². The maximum absolute atomic E-state index is 13.3. The number of benzene rings is 2. The van der Waals surface area contributed by atoms with E-state index in [0.29, 0.717) is 42.5 Å². The third kappa shape index (κ3) is 4.69. The highest BCUT2D eigenvalue weighted by molar-refractivity contribution is 5.91. The van der Waals surface area contributed by atoms with E-state index in [0.717, 1.165) is 11.1 Å². The van der Waals surface area contributed by atoms with E-state index in [-0.39, 0.29) is 12.5 Å². The summed E-state index contributed by atoms with van der Waals surface area (Å²) in [6.07, 6.45) is 1.19. The number of ether oxygens (including phenoxy) is 1. The third-order valence-corrected chi connectivity index (χ3v) is 6.46. The summed E-state index contributed by atoms with van der Waals surface area (Å²) >= 11 is 0. The molecule has 1 atom stereocenters. The molecule has 7 heteroatoms. The summed E-state index contributed by atoms with van der Waals surface area (Å²) in [7, 11) is 0. The molecule has 4 rings (SSSR count).